The maximum absolute atomic E-state index is 14.2. The summed E-state index contributed by atoms with van der Waals surface area (Å²) in [7, 11) is 0. The minimum atomic E-state index is -1.40. The van der Waals surface area contributed by atoms with E-state index >= 15 is 0 Å². The largest absolute Gasteiger partial charge is 0.465 e. The summed E-state index contributed by atoms with van der Waals surface area (Å²) in [6.45, 7) is 0. The van der Waals surface area contributed by atoms with Crippen LogP contribution in [0.4, 0.5) is 25.0 Å². The predicted octanol–water partition coefficient (Wildman–Crippen LogP) is 4.51. The lowest BCUT2D eigenvalue weighted by Crippen LogP contribution is -2.18. The van der Waals surface area contributed by atoms with Gasteiger partial charge in [0.1, 0.15) is 11.6 Å². The fourth-order valence-corrected chi connectivity index (χ4v) is 3.37. The van der Waals surface area contributed by atoms with Crippen molar-refractivity contribution in [1.82, 2.24) is 15.0 Å². The number of nitrogens with one attached hydrogen (secondary N) is 2. The quantitative estimate of drug-likeness (QED) is 0.266. The highest BCUT2D eigenvalue weighted by atomic mass is 19.1. The van der Waals surface area contributed by atoms with Gasteiger partial charge in [0.25, 0.3) is 0 Å². The molecule has 4 rings (SSSR count). The van der Waals surface area contributed by atoms with Crippen molar-refractivity contribution in [2.24, 2.45) is 0 Å². The van der Waals surface area contributed by atoms with Gasteiger partial charge in [-0.25, -0.2) is 18.3 Å². The van der Waals surface area contributed by atoms with Crippen molar-refractivity contribution in [3.8, 4) is 16.8 Å². The molecule has 0 fully saturated rings. The van der Waals surface area contributed by atoms with Crippen LogP contribution < -0.4 is 10.6 Å². The summed E-state index contributed by atoms with van der Waals surface area (Å²) in [5.74, 6) is -2.60. The Kier molecular flexibility index (Phi) is 6.58. The van der Waals surface area contributed by atoms with Crippen LogP contribution in [0.2, 0.25) is 0 Å². The van der Waals surface area contributed by atoms with Crippen LogP contribution in [0.5, 0.6) is 0 Å². The minimum absolute atomic E-state index is 0.00737. The smallest absolute Gasteiger partial charge is 0.409 e. The minimum Gasteiger partial charge on any atom is -0.465 e. The molecule has 11 heteroatoms. The molecule has 0 saturated carbocycles. The first kappa shape index (κ1) is 23.2. The van der Waals surface area contributed by atoms with Crippen LogP contribution in [-0.4, -0.2) is 37.9 Å². The number of hydrogen-bond acceptors (Lipinski definition) is 5. The molecule has 0 bridgehead atoms. The molecular formula is C24H17F2N5O4. The number of carbonyl (C=O) groups is 3. The summed E-state index contributed by atoms with van der Waals surface area (Å²) in [5.41, 5.74) is 0.914. The molecule has 4 aromatic rings. The molecule has 0 spiro atoms. The fraction of sp³-hybridized carbons (Fsp3) is 0.0417. The second-order valence-electron chi connectivity index (χ2n) is 7.36. The summed E-state index contributed by atoms with van der Waals surface area (Å²) in [6.07, 6.45) is 1.13. The number of anilines is 2. The van der Waals surface area contributed by atoms with Gasteiger partial charge in [-0.15, -0.1) is 5.10 Å². The Morgan fingerprint density at radius 2 is 1.77 bits per heavy atom. The number of carboxylic acid groups (broad SMARTS) is 1. The summed E-state index contributed by atoms with van der Waals surface area (Å²) in [4.78, 5) is 36.5. The SMILES string of the molecule is O=C(O)Nc1ccc(-c2cc(F)ccc2F)cc1NC(=O)CC(=O)c1cccc(-n2ccnn2)c1. The van der Waals surface area contributed by atoms with Gasteiger partial charge >= 0.3 is 6.09 Å². The first-order valence-electron chi connectivity index (χ1n) is 10.2. The lowest BCUT2D eigenvalue weighted by molar-refractivity contribution is -0.115. The van der Waals surface area contributed by atoms with Crippen molar-refractivity contribution >= 4 is 29.2 Å². The molecule has 3 aromatic carbocycles. The Labute approximate surface area is 197 Å². The zero-order valence-corrected chi connectivity index (χ0v) is 17.9. The second-order valence-corrected chi connectivity index (χ2v) is 7.36. The number of Topliss-reactive ketones (excluding diaryl/α,β-unsaturated/α-hetero) is 1. The average molecular weight is 477 g/mol. The maximum Gasteiger partial charge on any atom is 0.409 e. The van der Waals surface area contributed by atoms with Gasteiger partial charge in [-0.05, 0) is 48.0 Å². The Morgan fingerprint density at radius 3 is 2.51 bits per heavy atom. The van der Waals surface area contributed by atoms with Crippen molar-refractivity contribution in [2.75, 3.05) is 10.6 Å². The third kappa shape index (κ3) is 5.53. The third-order valence-electron chi connectivity index (χ3n) is 4.95. The summed E-state index contributed by atoms with van der Waals surface area (Å²) < 4.78 is 29.3. The standard InChI is InChI=1S/C24H17F2N5O4/c25-16-5-6-19(26)18(12-16)14-4-7-20(29-24(34)35)21(11-14)28-23(33)13-22(32)15-2-1-3-17(10-15)31-9-8-27-30-31/h1-12,29H,13H2,(H,28,33)(H,34,35). The first-order chi connectivity index (χ1) is 16.8. The molecule has 0 radical (unpaired) electrons. The van der Waals surface area contributed by atoms with Crippen LogP contribution >= 0.6 is 0 Å². The summed E-state index contributed by atoms with van der Waals surface area (Å²) >= 11 is 0. The van der Waals surface area contributed by atoms with Crippen LogP contribution in [0.1, 0.15) is 16.8 Å². The van der Waals surface area contributed by atoms with E-state index in [0.29, 0.717) is 5.69 Å². The number of rotatable bonds is 7. The van der Waals surface area contributed by atoms with Gasteiger partial charge in [0.15, 0.2) is 5.78 Å². The molecule has 0 saturated heterocycles. The molecule has 0 aliphatic carbocycles. The average Bonchev–Trinajstić information content (AvgIpc) is 3.37. The highest BCUT2D eigenvalue weighted by Gasteiger charge is 2.17. The molecule has 0 aliphatic heterocycles. The molecule has 0 aliphatic rings. The molecule has 0 atom stereocenters. The van der Waals surface area contributed by atoms with Gasteiger partial charge in [-0.3, -0.25) is 14.9 Å². The number of carbonyl (C=O) groups excluding carboxylic acids is 2. The number of ketones is 1. The fourth-order valence-electron chi connectivity index (χ4n) is 3.37. The van der Waals surface area contributed by atoms with Gasteiger partial charge in [-0.2, -0.15) is 0 Å². The number of aromatic nitrogens is 3. The number of amides is 2. The van der Waals surface area contributed by atoms with E-state index in [9.17, 15) is 23.2 Å². The van der Waals surface area contributed by atoms with E-state index < -0.39 is 35.8 Å². The van der Waals surface area contributed by atoms with Crippen LogP contribution in [0.25, 0.3) is 16.8 Å². The zero-order chi connectivity index (χ0) is 24.9. The van der Waals surface area contributed by atoms with Crippen LogP contribution in [-0.2, 0) is 4.79 Å². The van der Waals surface area contributed by atoms with Crippen molar-refractivity contribution in [3.05, 3.63) is 90.3 Å². The Hall–Kier alpha value is -4.93. The predicted molar refractivity (Wildman–Crippen MR) is 122 cm³/mol. The molecule has 1 aromatic heterocycles. The molecule has 176 valence electrons. The molecule has 35 heavy (non-hydrogen) atoms. The highest BCUT2D eigenvalue weighted by Crippen LogP contribution is 2.31. The van der Waals surface area contributed by atoms with E-state index in [0.717, 1.165) is 18.2 Å². The van der Waals surface area contributed by atoms with E-state index in [1.807, 2.05) is 0 Å². The van der Waals surface area contributed by atoms with Gasteiger partial charge < -0.3 is 10.4 Å². The van der Waals surface area contributed by atoms with Crippen molar-refractivity contribution < 1.29 is 28.3 Å². The molecule has 3 N–H and O–H groups in total. The summed E-state index contributed by atoms with van der Waals surface area (Å²) in [6, 6.07) is 13.3. The molecule has 1 heterocycles. The monoisotopic (exact) mass is 477 g/mol. The van der Waals surface area contributed by atoms with Crippen LogP contribution in [0.15, 0.2) is 73.1 Å². The van der Waals surface area contributed by atoms with E-state index in [-0.39, 0.29) is 28.1 Å². The van der Waals surface area contributed by atoms with Crippen molar-refractivity contribution in [3.63, 3.8) is 0 Å². The zero-order valence-electron chi connectivity index (χ0n) is 17.9. The normalized spacial score (nSPS) is 10.6. The first-order valence-corrected chi connectivity index (χ1v) is 10.2. The van der Waals surface area contributed by atoms with Gasteiger partial charge in [0.05, 0.1) is 35.9 Å². The number of hydrogen-bond donors (Lipinski definition) is 3. The van der Waals surface area contributed by atoms with E-state index in [1.165, 1.54) is 29.1 Å². The Balaban J connectivity index is 1.57. The topological polar surface area (TPSA) is 126 Å². The number of nitrogens with zero attached hydrogens (tertiary/aromatic N) is 3. The van der Waals surface area contributed by atoms with E-state index in [2.05, 4.69) is 20.9 Å². The number of benzene rings is 3. The lowest BCUT2D eigenvalue weighted by atomic mass is 10.0. The van der Waals surface area contributed by atoms with Crippen LogP contribution in [0.3, 0.4) is 0 Å². The third-order valence-corrected chi connectivity index (χ3v) is 4.95. The Bertz CT molecular complexity index is 1420. The molecule has 9 nitrogen and oxygen atoms in total. The van der Waals surface area contributed by atoms with E-state index in [4.69, 9.17) is 5.11 Å². The second kappa shape index (κ2) is 9.91. The van der Waals surface area contributed by atoms with Crippen LogP contribution in [0, 0.1) is 11.6 Å². The highest BCUT2D eigenvalue weighted by molar-refractivity contribution is 6.12. The van der Waals surface area contributed by atoms with Crippen molar-refractivity contribution in [2.45, 2.75) is 6.42 Å². The Morgan fingerprint density at radius 1 is 0.943 bits per heavy atom. The lowest BCUT2D eigenvalue weighted by Gasteiger charge is -2.13. The molecule has 0 unspecified atom stereocenters. The number of halogens is 2. The van der Waals surface area contributed by atoms with Gasteiger partial charge in [0, 0.05) is 11.1 Å². The maximum atomic E-state index is 14.2. The molecular weight excluding hydrogens is 460 g/mol. The van der Waals surface area contributed by atoms with Gasteiger partial charge in [0.2, 0.25) is 5.91 Å². The summed E-state index contributed by atoms with van der Waals surface area (Å²) in [5, 5.41) is 21.3. The van der Waals surface area contributed by atoms with E-state index in [1.54, 1.807) is 30.5 Å². The van der Waals surface area contributed by atoms with Crippen molar-refractivity contribution in [1.29, 1.82) is 0 Å². The van der Waals surface area contributed by atoms with Gasteiger partial charge in [-0.1, -0.05) is 23.4 Å². The molecule has 2 amide bonds.